The normalized spacial score (nSPS) is 17.8. The molecule has 0 bridgehead atoms. The molecule has 2 aliphatic rings. The molecule has 1 atom stereocenters. The number of amides is 2. The van der Waals surface area contributed by atoms with E-state index in [1.807, 2.05) is 6.92 Å². The quantitative estimate of drug-likeness (QED) is 0.814. The molecule has 0 radical (unpaired) electrons. The average molecular weight is 368 g/mol. The van der Waals surface area contributed by atoms with E-state index in [0.717, 1.165) is 12.0 Å². The van der Waals surface area contributed by atoms with Gasteiger partial charge in [0.05, 0.1) is 5.69 Å². The zero-order chi connectivity index (χ0) is 19.0. The Balaban J connectivity index is 1.51. The molecular weight excluding hydrogens is 348 g/mol. The number of nitrogens with one attached hydrogen (secondary N) is 1. The second kappa shape index (κ2) is 6.83. The molecular formula is C20H20N2O5. The van der Waals surface area contributed by atoms with E-state index in [4.69, 9.17) is 9.47 Å². The van der Waals surface area contributed by atoms with Gasteiger partial charge in [-0.3, -0.25) is 9.59 Å². The molecule has 2 amide bonds. The molecule has 2 aromatic carbocycles. The highest BCUT2D eigenvalue weighted by Crippen LogP contribution is 2.33. The molecule has 0 unspecified atom stereocenters. The molecule has 2 N–H and O–H groups in total. The molecule has 2 aliphatic heterocycles. The third-order valence-electron chi connectivity index (χ3n) is 4.85. The van der Waals surface area contributed by atoms with Crippen LogP contribution in [0.25, 0.3) is 0 Å². The van der Waals surface area contributed by atoms with Crippen LogP contribution in [0, 0.1) is 6.92 Å². The molecule has 0 spiro atoms. The van der Waals surface area contributed by atoms with E-state index in [-0.39, 0.29) is 24.4 Å². The fourth-order valence-electron chi connectivity index (χ4n) is 3.44. The van der Waals surface area contributed by atoms with Gasteiger partial charge in [0, 0.05) is 12.1 Å². The van der Waals surface area contributed by atoms with Crippen molar-refractivity contribution >= 4 is 17.5 Å². The van der Waals surface area contributed by atoms with Crippen LogP contribution in [-0.2, 0) is 4.79 Å². The largest absolute Gasteiger partial charge is 0.506 e. The standard InChI is InChI=1S/C20H20N2O5/c1-12-4-6-14(16(23)9-12)21-19(24)15-3-2-8-22(15)20(25)13-5-7-17-18(10-13)27-11-26-17/h4-7,9-10,15,23H,2-3,8,11H2,1H3,(H,21,24)/t15-/m0/s1. The molecule has 0 aliphatic carbocycles. The fraction of sp³-hybridized carbons (Fsp3) is 0.300. The zero-order valence-corrected chi connectivity index (χ0v) is 14.9. The second-order valence-corrected chi connectivity index (χ2v) is 6.73. The first kappa shape index (κ1) is 17.2. The Bertz CT molecular complexity index is 911. The molecule has 0 saturated carbocycles. The number of anilines is 1. The van der Waals surface area contributed by atoms with E-state index in [1.54, 1.807) is 41.3 Å². The predicted molar refractivity (Wildman–Crippen MR) is 98.1 cm³/mol. The summed E-state index contributed by atoms with van der Waals surface area (Å²) >= 11 is 0. The highest BCUT2D eigenvalue weighted by molar-refractivity contribution is 6.02. The van der Waals surface area contributed by atoms with Gasteiger partial charge in [-0.15, -0.1) is 0 Å². The number of benzene rings is 2. The van der Waals surface area contributed by atoms with E-state index >= 15 is 0 Å². The third kappa shape index (κ3) is 3.28. The van der Waals surface area contributed by atoms with E-state index in [2.05, 4.69) is 5.32 Å². The van der Waals surface area contributed by atoms with Crippen molar-refractivity contribution in [1.82, 2.24) is 4.90 Å². The summed E-state index contributed by atoms with van der Waals surface area (Å²) in [5.41, 5.74) is 1.69. The van der Waals surface area contributed by atoms with E-state index in [1.165, 1.54) is 0 Å². The number of hydrogen-bond acceptors (Lipinski definition) is 5. The number of hydrogen-bond donors (Lipinski definition) is 2. The Hall–Kier alpha value is -3.22. The molecule has 140 valence electrons. The van der Waals surface area contributed by atoms with Crippen molar-refractivity contribution in [3.8, 4) is 17.2 Å². The number of fused-ring (bicyclic) bond motifs is 1. The van der Waals surface area contributed by atoms with Crippen LogP contribution in [0.5, 0.6) is 17.2 Å². The van der Waals surface area contributed by atoms with Crippen LogP contribution in [0.1, 0.15) is 28.8 Å². The van der Waals surface area contributed by atoms with Crippen molar-refractivity contribution in [2.45, 2.75) is 25.8 Å². The monoisotopic (exact) mass is 368 g/mol. The van der Waals surface area contributed by atoms with Crippen LogP contribution in [0.3, 0.4) is 0 Å². The van der Waals surface area contributed by atoms with Gasteiger partial charge >= 0.3 is 0 Å². The first-order valence-corrected chi connectivity index (χ1v) is 8.84. The average Bonchev–Trinajstić information content (AvgIpc) is 3.31. The predicted octanol–water partition coefficient (Wildman–Crippen LogP) is 2.67. The SMILES string of the molecule is Cc1ccc(NC(=O)[C@@H]2CCCN2C(=O)c2ccc3c(c2)OCO3)c(O)c1. The zero-order valence-electron chi connectivity index (χ0n) is 14.9. The van der Waals surface area contributed by atoms with E-state index in [9.17, 15) is 14.7 Å². The van der Waals surface area contributed by atoms with Crippen LogP contribution in [-0.4, -0.2) is 41.2 Å². The van der Waals surface area contributed by atoms with Crippen molar-refractivity contribution in [1.29, 1.82) is 0 Å². The van der Waals surface area contributed by atoms with Crippen LogP contribution in [0.15, 0.2) is 36.4 Å². The van der Waals surface area contributed by atoms with Gasteiger partial charge in [-0.1, -0.05) is 6.07 Å². The summed E-state index contributed by atoms with van der Waals surface area (Å²) in [7, 11) is 0. The summed E-state index contributed by atoms with van der Waals surface area (Å²) < 4.78 is 10.6. The molecule has 1 fully saturated rings. The van der Waals surface area contributed by atoms with Gasteiger partial charge < -0.3 is 24.8 Å². The molecule has 2 aromatic rings. The van der Waals surface area contributed by atoms with Gasteiger partial charge in [0.15, 0.2) is 11.5 Å². The van der Waals surface area contributed by atoms with Crippen molar-refractivity contribution in [2.75, 3.05) is 18.7 Å². The minimum atomic E-state index is -0.580. The number of carbonyl (C=O) groups excluding carboxylic acids is 2. The molecule has 7 heteroatoms. The summed E-state index contributed by atoms with van der Waals surface area (Å²) in [5.74, 6) is 0.623. The molecule has 27 heavy (non-hydrogen) atoms. The number of aromatic hydroxyl groups is 1. The van der Waals surface area contributed by atoms with Gasteiger partial charge in [-0.05, 0) is 55.7 Å². The maximum atomic E-state index is 12.9. The number of nitrogens with zero attached hydrogens (tertiary/aromatic N) is 1. The van der Waals surface area contributed by atoms with Crippen molar-refractivity contribution in [2.24, 2.45) is 0 Å². The topological polar surface area (TPSA) is 88.1 Å². The Labute approximate surface area is 156 Å². The summed E-state index contributed by atoms with van der Waals surface area (Å²) in [6, 6.07) is 9.48. The van der Waals surface area contributed by atoms with Gasteiger partial charge in [0.2, 0.25) is 12.7 Å². The molecule has 0 aromatic heterocycles. The summed E-state index contributed by atoms with van der Waals surface area (Å²) in [6.07, 6.45) is 1.32. The number of phenolic OH excluding ortho intramolecular Hbond substituents is 1. The second-order valence-electron chi connectivity index (χ2n) is 6.73. The van der Waals surface area contributed by atoms with Crippen molar-refractivity contribution < 1.29 is 24.2 Å². The Morgan fingerprint density at radius 3 is 2.78 bits per heavy atom. The van der Waals surface area contributed by atoms with Gasteiger partial charge in [0.25, 0.3) is 5.91 Å². The maximum absolute atomic E-state index is 12.9. The highest BCUT2D eigenvalue weighted by Gasteiger charge is 2.35. The molecule has 1 saturated heterocycles. The van der Waals surface area contributed by atoms with Crippen LogP contribution >= 0.6 is 0 Å². The van der Waals surface area contributed by atoms with Gasteiger partial charge in [0.1, 0.15) is 11.8 Å². The molecule has 7 nitrogen and oxygen atoms in total. The highest BCUT2D eigenvalue weighted by atomic mass is 16.7. The minimum absolute atomic E-state index is 0.00925. The van der Waals surface area contributed by atoms with Gasteiger partial charge in [-0.25, -0.2) is 0 Å². The first-order chi connectivity index (χ1) is 13.0. The third-order valence-corrected chi connectivity index (χ3v) is 4.85. The first-order valence-electron chi connectivity index (χ1n) is 8.84. The number of rotatable bonds is 3. The summed E-state index contributed by atoms with van der Waals surface area (Å²) in [6.45, 7) is 2.50. The number of likely N-dealkylation sites (tertiary alicyclic amines) is 1. The molecule has 2 heterocycles. The van der Waals surface area contributed by atoms with Crippen LogP contribution in [0.4, 0.5) is 5.69 Å². The number of carbonyl (C=O) groups is 2. The number of ether oxygens (including phenoxy) is 2. The fourth-order valence-corrected chi connectivity index (χ4v) is 3.44. The van der Waals surface area contributed by atoms with E-state index < -0.39 is 6.04 Å². The lowest BCUT2D eigenvalue weighted by Gasteiger charge is -2.24. The summed E-state index contributed by atoms with van der Waals surface area (Å²) in [4.78, 5) is 27.2. The lowest BCUT2D eigenvalue weighted by Crippen LogP contribution is -2.43. The number of phenols is 1. The number of aryl methyl sites for hydroxylation is 1. The van der Waals surface area contributed by atoms with Crippen molar-refractivity contribution in [3.05, 3.63) is 47.5 Å². The van der Waals surface area contributed by atoms with Crippen molar-refractivity contribution in [3.63, 3.8) is 0 Å². The minimum Gasteiger partial charge on any atom is -0.506 e. The lowest BCUT2D eigenvalue weighted by molar-refractivity contribution is -0.119. The molecule has 4 rings (SSSR count). The van der Waals surface area contributed by atoms with Gasteiger partial charge in [-0.2, -0.15) is 0 Å². The Morgan fingerprint density at radius 2 is 1.96 bits per heavy atom. The Kier molecular flexibility index (Phi) is 4.35. The van der Waals surface area contributed by atoms with Crippen LogP contribution < -0.4 is 14.8 Å². The van der Waals surface area contributed by atoms with Crippen LogP contribution in [0.2, 0.25) is 0 Å². The smallest absolute Gasteiger partial charge is 0.254 e. The maximum Gasteiger partial charge on any atom is 0.254 e. The Morgan fingerprint density at radius 1 is 1.15 bits per heavy atom. The van der Waals surface area contributed by atoms with E-state index in [0.29, 0.717) is 35.7 Å². The lowest BCUT2D eigenvalue weighted by atomic mass is 10.1. The summed E-state index contributed by atoms with van der Waals surface area (Å²) in [5, 5.41) is 12.7.